The lowest BCUT2D eigenvalue weighted by atomic mass is 10.2. The van der Waals surface area contributed by atoms with Crippen LogP contribution in [-0.4, -0.2) is 12.1 Å². The molecular formula is C14H10F2N2O2. The second-order valence-electron chi connectivity index (χ2n) is 4.21. The highest BCUT2D eigenvalue weighted by Gasteiger charge is 2.15. The van der Waals surface area contributed by atoms with E-state index in [1.165, 1.54) is 7.11 Å². The number of nitrogens with zero attached hydrogens (tertiary/aromatic N) is 1. The molecule has 0 aliphatic rings. The van der Waals surface area contributed by atoms with Crippen molar-refractivity contribution in [1.82, 2.24) is 4.98 Å². The summed E-state index contributed by atoms with van der Waals surface area (Å²) in [5, 5.41) is 0. The standard InChI is InChI=1S/C14H10F2N2O2/c1-19-7-2-3-13-12(4-7)18-14(20-13)8-5-11(17)10(16)6-9(8)15/h2-6H,17H2,1H3. The average Bonchev–Trinajstić information content (AvgIpc) is 2.85. The highest BCUT2D eigenvalue weighted by molar-refractivity contribution is 5.78. The Morgan fingerprint density at radius 3 is 2.70 bits per heavy atom. The van der Waals surface area contributed by atoms with E-state index < -0.39 is 11.6 Å². The Hall–Kier alpha value is -2.63. The number of methoxy groups -OCH3 is 1. The lowest BCUT2D eigenvalue weighted by Crippen LogP contribution is -1.94. The van der Waals surface area contributed by atoms with Crippen molar-refractivity contribution in [2.45, 2.75) is 0 Å². The molecule has 3 aromatic rings. The summed E-state index contributed by atoms with van der Waals surface area (Å²) in [5.41, 5.74) is 6.27. The summed E-state index contributed by atoms with van der Waals surface area (Å²) < 4.78 is 37.4. The van der Waals surface area contributed by atoms with Gasteiger partial charge in [-0.05, 0) is 18.2 Å². The lowest BCUT2D eigenvalue weighted by molar-refractivity contribution is 0.415. The van der Waals surface area contributed by atoms with Crippen molar-refractivity contribution in [3.63, 3.8) is 0 Å². The average molecular weight is 276 g/mol. The van der Waals surface area contributed by atoms with Gasteiger partial charge < -0.3 is 14.9 Å². The first kappa shape index (κ1) is 12.4. The molecule has 4 nitrogen and oxygen atoms in total. The number of nitrogens with two attached hydrogens (primary N) is 1. The molecule has 2 aromatic carbocycles. The summed E-state index contributed by atoms with van der Waals surface area (Å²) in [7, 11) is 1.53. The van der Waals surface area contributed by atoms with Crippen molar-refractivity contribution in [2.24, 2.45) is 0 Å². The molecule has 0 radical (unpaired) electrons. The van der Waals surface area contributed by atoms with Crippen molar-refractivity contribution in [3.8, 4) is 17.2 Å². The number of aromatic nitrogens is 1. The topological polar surface area (TPSA) is 61.3 Å². The monoisotopic (exact) mass is 276 g/mol. The van der Waals surface area contributed by atoms with E-state index in [1.807, 2.05) is 0 Å². The number of anilines is 1. The first-order valence-electron chi connectivity index (χ1n) is 5.78. The maximum Gasteiger partial charge on any atom is 0.230 e. The molecule has 0 bridgehead atoms. The zero-order valence-electron chi connectivity index (χ0n) is 10.5. The molecule has 1 heterocycles. The lowest BCUT2D eigenvalue weighted by Gasteiger charge is -2.01. The summed E-state index contributed by atoms with van der Waals surface area (Å²) in [6.45, 7) is 0. The third-order valence-corrected chi connectivity index (χ3v) is 2.91. The minimum Gasteiger partial charge on any atom is -0.497 e. The van der Waals surface area contributed by atoms with Gasteiger partial charge in [-0.1, -0.05) is 0 Å². The van der Waals surface area contributed by atoms with E-state index in [1.54, 1.807) is 18.2 Å². The van der Waals surface area contributed by atoms with Crippen molar-refractivity contribution in [3.05, 3.63) is 42.0 Å². The number of fused-ring (bicyclic) bond motifs is 1. The van der Waals surface area contributed by atoms with Gasteiger partial charge in [-0.2, -0.15) is 0 Å². The van der Waals surface area contributed by atoms with Crippen molar-refractivity contribution in [2.75, 3.05) is 12.8 Å². The van der Waals surface area contributed by atoms with Crippen molar-refractivity contribution in [1.29, 1.82) is 0 Å². The molecule has 0 unspecified atom stereocenters. The van der Waals surface area contributed by atoms with Crippen LogP contribution in [0, 0.1) is 11.6 Å². The van der Waals surface area contributed by atoms with Crippen LogP contribution in [-0.2, 0) is 0 Å². The van der Waals surface area contributed by atoms with Crippen LogP contribution in [0.15, 0.2) is 34.7 Å². The fourth-order valence-corrected chi connectivity index (χ4v) is 1.88. The maximum atomic E-state index is 13.8. The van der Waals surface area contributed by atoms with E-state index in [4.69, 9.17) is 14.9 Å². The van der Waals surface area contributed by atoms with Gasteiger partial charge in [-0.15, -0.1) is 0 Å². The van der Waals surface area contributed by atoms with Gasteiger partial charge in [0.25, 0.3) is 0 Å². The first-order chi connectivity index (χ1) is 9.58. The molecular weight excluding hydrogens is 266 g/mol. The Morgan fingerprint density at radius 1 is 1.15 bits per heavy atom. The zero-order valence-corrected chi connectivity index (χ0v) is 10.5. The van der Waals surface area contributed by atoms with E-state index in [0.29, 0.717) is 22.9 Å². The molecule has 0 atom stereocenters. The highest BCUT2D eigenvalue weighted by atomic mass is 19.1. The summed E-state index contributed by atoms with van der Waals surface area (Å²) in [6, 6.07) is 6.89. The molecule has 1 aromatic heterocycles. The number of hydrogen-bond acceptors (Lipinski definition) is 4. The van der Waals surface area contributed by atoms with E-state index in [0.717, 1.165) is 6.07 Å². The Labute approximate surface area is 112 Å². The molecule has 6 heteroatoms. The Kier molecular flexibility index (Phi) is 2.78. The summed E-state index contributed by atoms with van der Waals surface area (Å²) >= 11 is 0. The van der Waals surface area contributed by atoms with Crippen LogP contribution in [0.25, 0.3) is 22.6 Å². The summed E-state index contributed by atoms with van der Waals surface area (Å²) in [6.07, 6.45) is 0. The number of nitrogen functional groups attached to an aromatic ring is 1. The third kappa shape index (κ3) is 1.95. The number of halogens is 2. The maximum absolute atomic E-state index is 13.8. The molecule has 0 saturated carbocycles. The highest BCUT2D eigenvalue weighted by Crippen LogP contribution is 2.30. The predicted molar refractivity (Wildman–Crippen MR) is 70.3 cm³/mol. The second-order valence-corrected chi connectivity index (χ2v) is 4.21. The van der Waals surface area contributed by atoms with Crippen LogP contribution in [0.1, 0.15) is 0 Å². The van der Waals surface area contributed by atoms with Gasteiger partial charge in [-0.25, -0.2) is 13.8 Å². The first-order valence-corrected chi connectivity index (χ1v) is 5.78. The zero-order chi connectivity index (χ0) is 14.3. The second kappa shape index (κ2) is 4.48. The van der Waals surface area contributed by atoms with Crippen LogP contribution in [0.3, 0.4) is 0 Å². The van der Waals surface area contributed by atoms with Crippen LogP contribution < -0.4 is 10.5 Å². The van der Waals surface area contributed by atoms with Crippen LogP contribution in [0.4, 0.5) is 14.5 Å². The van der Waals surface area contributed by atoms with Gasteiger partial charge in [0.2, 0.25) is 5.89 Å². The Bertz CT molecular complexity index is 799. The summed E-state index contributed by atoms with van der Waals surface area (Å²) in [5.74, 6) is -0.951. The van der Waals surface area contributed by atoms with Gasteiger partial charge >= 0.3 is 0 Å². The van der Waals surface area contributed by atoms with Gasteiger partial charge in [0.1, 0.15) is 22.9 Å². The van der Waals surface area contributed by atoms with E-state index >= 15 is 0 Å². The molecule has 0 aliphatic carbocycles. The molecule has 102 valence electrons. The van der Waals surface area contributed by atoms with Gasteiger partial charge in [0.15, 0.2) is 5.58 Å². The predicted octanol–water partition coefficient (Wildman–Crippen LogP) is 3.36. The number of hydrogen-bond donors (Lipinski definition) is 1. The molecule has 2 N–H and O–H groups in total. The van der Waals surface area contributed by atoms with Gasteiger partial charge in [0.05, 0.1) is 18.4 Å². The molecule has 0 spiro atoms. The number of rotatable bonds is 2. The van der Waals surface area contributed by atoms with Gasteiger partial charge in [0, 0.05) is 12.1 Å². The minimum absolute atomic E-state index is 0.0130. The summed E-state index contributed by atoms with van der Waals surface area (Å²) in [4.78, 5) is 4.16. The third-order valence-electron chi connectivity index (χ3n) is 2.91. The van der Waals surface area contributed by atoms with Crippen molar-refractivity contribution < 1.29 is 17.9 Å². The SMILES string of the molecule is COc1ccc2oc(-c3cc(N)c(F)cc3F)nc2c1. The molecule has 0 amide bonds. The van der Waals surface area contributed by atoms with E-state index in [9.17, 15) is 8.78 Å². The fraction of sp³-hybridized carbons (Fsp3) is 0.0714. The molecule has 20 heavy (non-hydrogen) atoms. The quantitative estimate of drug-likeness (QED) is 0.729. The van der Waals surface area contributed by atoms with Crippen LogP contribution in [0.2, 0.25) is 0 Å². The fourth-order valence-electron chi connectivity index (χ4n) is 1.88. The molecule has 0 saturated heterocycles. The van der Waals surface area contributed by atoms with E-state index in [-0.39, 0.29) is 17.1 Å². The molecule has 3 rings (SSSR count). The van der Waals surface area contributed by atoms with E-state index in [2.05, 4.69) is 4.98 Å². The number of ether oxygens (including phenoxy) is 1. The molecule has 0 aliphatic heterocycles. The number of benzene rings is 2. The largest absolute Gasteiger partial charge is 0.497 e. The minimum atomic E-state index is -0.816. The van der Waals surface area contributed by atoms with Gasteiger partial charge in [-0.3, -0.25) is 0 Å². The molecule has 0 fully saturated rings. The number of oxazole rings is 1. The normalized spacial score (nSPS) is 10.9. The Balaban J connectivity index is 2.17. The van der Waals surface area contributed by atoms with Crippen molar-refractivity contribution >= 4 is 16.8 Å². The van der Waals surface area contributed by atoms with Crippen LogP contribution >= 0.6 is 0 Å². The van der Waals surface area contributed by atoms with Crippen LogP contribution in [0.5, 0.6) is 5.75 Å². The Morgan fingerprint density at radius 2 is 1.95 bits per heavy atom. The smallest absolute Gasteiger partial charge is 0.230 e.